The van der Waals surface area contributed by atoms with Crippen LogP contribution in [0.1, 0.15) is 25.4 Å². The molecule has 0 amide bonds. The molecule has 1 unspecified atom stereocenters. The van der Waals surface area contributed by atoms with Crippen LogP contribution >= 0.6 is 23.9 Å². The normalized spacial score (nSPS) is 12.2. The van der Waals surface area contributed by atoms with Crippen molar-refractivity contribution in [2.24, 2.45) is 0 Å². The second-order valence-corrected chi connectivity index (χ2v) is 4.57. The zero-order chi connectivity index (χ0) is 12.3. The SMILES string of the molecule is CCc1nnsc1-c1nc(CC(C)NC)no1.Cl. The average Bonchev–Trinajstić information content (AvgIpc) is 2.95. The van der Waals surface area contributed by atoms with Crippen molar-refractivity contribution < 1.29 is 4.52 Å². The van der Waals surface area contributed by atoms with Crippen LogP contribution in [-0.2, 0) is 12.8 Å². The number of hydrogen-bond acceptors (Lipinski definition) is 7. The number of nitrogens with zero attached hydrogens (tertiary/aromatic N) is 4. The largest absolute Gasteiger partial charge is 0.333 e. The predicted molar refractivity (Wildman–Crippen MR) is 72.1 cm³/mol. The Bertz CT molecular complexity index is 486. The fourth-order valence-electron chi connectivity index (χ4n) is 1.41. The molecule has 0 aliphatic carbocycles. The van der Waals surface area contributed by atoms with Crippen LogP contribution in [0.5, 0.6) is 0 Å². The number of likely N-dealkylation sites (N-methyl/N-ethyl adjacent to an activating group) is 1. The van der Waals surface area contributed by atoms with Crippen molar-refractivity contribution in [1.82, 2.24) is 25.0 Å². The van der Waals surface area contributed by atoms with Crippen LogP contribution in [0.2, 0.25) is 0 Å². The van der Waals surface area contributed by atoms with Gasteiger partial charge in [-0.1, -0.05) is 16.6 Å². The molecule has 0 radical (unpaired) electrons. The Kier molecular flexibility index (Phi) is 5.64. The van der Waals surface area contributed by atoms with Gasteiger partial charge in [-0.3, -0.25) is 0 Å². The quantitative estimate of drug-likeness (QED) is 0.903. The van der Waals surface area contributed by atoms with Crippen molar-refractivity contribution >= 4 is 23.9 Å². The van der Waals surface area contributed by atoms with Gasteiger partial charge in [0.05, 0.1) is 5.69 Å². The van der Waals surface area contributed by atoms with E-state index in [-0.39, 0.29) is 12.4 Å². The summed E-state index contributed by atoms with van der Waals surface area (Å²) >= 11 is 1.29. The van der Waals surface area contributed by atoms with Gasteiger partial charge < -0.3 is 9.84 Å². The highest BCUT2D eigenvalue weighted by Crippen LogP contribution is 2.24. The summed E-state index contributed by atoms with van der Waals surface area (Å²) in [6.45, 7) is 4.10. The Morgan fingerprint density at radius 3 is 2.89 bits per heavy atom. The van der Waals surface area contributed by atoms with E-state index in [4.69, 9.17) is 4.52 Å². The molecular weight excluding hydrogens is 274 g/mol. The molecule has 0 saturated heterocycles. The maximum absolute atomic E-state index is 5.24. The van der Waals surface area contributed by atoms with E-state index in [1.165, 1.54) is 11.5 Å². The molecule has 0 aliphatic heterocycles. The van der Waals surface area contributed by atoms with Crippen LogP contribution in [0.4, 0.5) is 0 Å². The van der Waals surface area contributed by atoms with Gasteiger partial charge in [-0.2, -0.15) is 4.98 Å². The Balaban J connectivity index is 0.00000162. The number of nitrogens with one attached hydrogen (secondary N) is 1. The molecule has 0 spiro atoms. The van der Waals surface area contributed by atoms with Gasteiger partial charge in [0.1, 0.15) is 4.88 Å². The van der Waals surface area contributed by atoms with E-state index >= 15 is 0 Å². The summed E-state index contributed by atoms with van der Waals surface area (Å²) in [4.78, 5) is 5.24. The molecule has 0 aromatic carbocycles. The van der Waals surface area contributed by atoms with Crippen LogP contribution in [0.3, 0.4) is 0 Å². The third-order valence-corrected chi connectivity index (χ3v) is 3.29. The third-order valence-electron chi connectivity index (χ3n) is 2.53. The first-order chi connectivity index (χ1) is 8.24. The van der Waals surface area contributed by atoms with E-state index in [1.807, 2.05) is 14.0 Å². The lowest BCUT2D eigenvalue weighted by atomic mass is 10.2. The Labute approximate surface area is 116 Å². The second-order valence-electron chi connectivity index (χ2n) is 3.81. The maximum Gasteiger partial charge on any atom is 0.271 e. The zero-order valence-corrected chi connectivity index (χ0v) is 12.1. The van der Waals surface area contributed by atoms with Crippen molar-refractivity contribution in [3.8, 4) is 10.8 Å². The minimum atomic E-state index is 0. The monoisotopic (exact) mass is 289 g/mol. The first-order valence-electron chi connectivity index (χ1n) is 5.56. The van der Waals surface area contributed by atoms with Crippen LogP contribution in [0.25, 0.3) is 10.8 Å². The molecule has 2 heterocycles. The van der Waals surface area contributed by atoms with Gasteiger partial charge in [-0.15, -0.1) is 17.5 Å². The summed E-state index contributed by atoms with van der Waals surface area (Å²) < 4.78 is 9.15. The highest BCUT2D eigenvalue weighted by Gasteiger charge is 2.16. The number of aryl methyl sites for hydroxylation is 1. The lowest BCUT2D eigenvalue weighted by Crippen LogP contribution is -2.24. The highest BCUT2D eigenvalue weighted by molar-refractivity contribution is 7.09. The van der Waals surface area contributed by atoms with Gasteiger partial charge in [0.25, 0.3) is 5.89 Å². The van der Waals surface area contributed by atoms with Gasteiger partial charge in [-0.25, -0.2) is 0 Å². The molecule has 1 atom stereocenters. The smallest absolute Gasteiger partial charge is 0.271 e. The lowest BCUT2D eigenvalue weighted by Gasteiger charge is -2.04. The first kappa shape index (κ1) is 15.0. The zero-order valence-electron chi connectivity index (χ0n) is 10.5. The van der Waals surface area contributed by atoms with Crippen LogP contribution < -0.4 is 5.32 Å². The number of halogens is 1. The van der Waals surface area contributed by atoms with Crippen molar-refractivity contribution in [1.29, 1.82) is 0 Å². The minimum Gasteiger partial charge on any atom is -0.333 e. The van der Waals surface area contributed by atoms with Crippen molar-refractivity contribution in [3.05, 3.63) is 11.5 Å². The molecule has 18 heavy (non-hydrogen) atoms. The summed E-state index contributed by atoms with van der Waals surface area (Å²) in [5.74, 6) is 1.23. The minimum absolute atomic E-state index is 0. The van der Waals surface area contributed by atoms with E-state index in [1.54, 1.807) is 0 Å². The van der Waals surface area contributed by atoms with Crippen LogP contribution in [-0.4, -0.2) is 32.8 Å². The number of rotatable bonds is 5. The summed E-state index contributed by atoms with van der Waals surface area (Å²) in [5, 5.41) is 11.1. The molecular formula is C10H16ClN5OS. The molecule has 8 heteroatoms. The van der Waals surface area contributed by atoms with E-state index in [2.05, 4.69) is 32.0 Å². The molecule has 1 N–H and O–H groups in total. The van der Waals surface area contributed by atoms with E-state index in [9.17, 15) is 0 Å². The molecule has 2 aromatic rings. The molecule has 0 saturated carbocycles. The average molecular weight is 290 g/mol. The molecule has 0 bridgehead atoms. The lowest BCUT2D eigenvalue weighted by molar-refractivity contribution is 0.418. The van der Waals surface area contributed by atoms with Gasteiger partial charge in [-0.05, 0) is 31.9 Å². The first-order valence-corrected chi connectivity index (χ1v) is 6.33. The highest BCUT2D eigenvalue weighted by atomic mass is 35.5. The van der Waals surface area contributed by atoms with Crippen LogP contribution in [0, 0.1) is 0 Å². The van der Waals surface area contributed by atoms with E-state index in [0.717, 1.165) is 23.4 Å². The maximum atomic E-state index is 5.24. The van der Waals surface area contributed by atoms with Crippen LogP contribution in [0.15, 0.2) is 4.52 Å². The Hall–Kier alpha value is -1.05. The Morgan fingerprint density at radius 2 is 2.22 bits per heavy atom. The Morgan fingerprint density at radius 1 is 1.44 bits per heavy atom. The molecule has 6 nitrogen and oxygen atoms in total. The summed E-state index contributed by atoms with van der Waals surface area (Å²) in [7, 11) is 1.91. The van der Waals surface area contributed by atoms with Crippen molar-refractivity contribution in [2.45, 2.75) is 32.7 Å². The van der Waals surface area contributed by atoms with Gasteiger partial charge in [0.15, 0.2) is 5.82 Å². The predicted octanol–water partition coefficient (Wildman–Crippen LogP) is 1.72. The van der Waals surface area contributed by atoms with E-state index in [0.29, 0.717) is 17.8 Å². The second kappa shape index (κ2) is 6.77. The summed E-state index contributed by atoms with van der Waals surface area (Å²) in [6.07, 6.45) is 1.56. The van der Waals surface area contributed by atoms with Gasteiger partial charge in [0.2, 0.25) is 0 Å². The number of aromatic nitrogens is 4. The molecule has 0 aliphatic rings. The van der Waals surface area contributed by atoms with Gasteiger partial charge >= 0.3 is 0 Å². The van der Waals surface area contributed by atoms with E-state index < -0.39 is 0 Å². The summed E-state index contributed by atoms with van der Waals surface area (Å²) in [6, 6.07) is 0.325. The number of hydrogen-bond donors (Lipinski definition) is 1. The molecule has 2 rings (SSSR count). The topological polar surface area (TPSA) is 76.7 Å². The van der Waals surface area contributed by atoms with Gasteiger partial charge in [0, 0.05) is 12.5 Å². The summed E-state index contributed by atoms with van der Waals surface area (Å²) in [5.41, 5.74) is 0.909. The molecule has 2 aromatic heterocycles. The standard InChI is InChI=1S/C10H15N5OS.ClH/c1-4-7-9(17-15-13-7)10-12-8(14-16-10)5-6(2)11-3;/h6,11H,4-5H2,1-3H3;1H. The fraction of sp³-hybridized carbons (Fsp3) is 0.600. The fourth-order valence-corrected chi connectivity index (χ4v) is 2.08. The molecule has 100 valence electrons. The third kappa shape index (κ3) is 3.24. The van der Waals surface area contributed by atoms with Crippen molar-refractivity contribution in [3.63, 3.8) is 0 Å². The molecule has 0 fully saturated rings. The van der Waals surface area contributed by atoms with Crippen molar-refractivity contribution in [2.75, 3.05) is 7.05 Å².